The molecule has 0 saturated carbocycles. The van der Waals surface area contributed by atoms with E-state index in [1.165, 1.54) is 6.07 Å². The predicted molar refractivity (Wildman–Crippen MR) is 89.9 cm³/mol. The quantitative estimate of drug-likeness (QED) is 0.746. The Bertz CT molecular complexity index is 703. The van der Waals surface area contributed by atoms with E-state index in [0.717, 1.165) is 3.57 Å². The fourth-order valence-electron chi connectivity index (χ4n) is 1.84. The van der Waals surface area contributed by atoms with E-state index >= 15 is 0 Å². The van der Waals surface area contributed by atoms with Gasteiger partial charge in [-0.25, -0.2) is 4.79 Å². The second-order valence-electron chi connectivity index (χ2n) is 4.31. The first kappa shape index (κ1) is 15.8. The highest BCUT2D eigenvalue weighted by molar-refractivity contribution is 14.1. The highest BCUT2D eigenvalue weighted by atomic mass is 127. The number of halogens is 2. The molecular formula is C15H11ClINO3. The molecule has 0 aliphatic heterocycles. The van der Waals surface area contributed by atoms with E-state index in [1.54, 1.807) is 30.3 Å². The molecule has 0 aliphatic carbocycles. The molecule has 2 aromatic carbocycles. The minimum absolute atomic E-state index is 0.0230. The van der Waals surface area contributed by atoms with Crippen molar-refractivity contribution in [3.8, 4) is 0 Å². The number of carboxylic acid groups (broad SMARTS) is 1. The second kappa shape index (κ2) is 6.91. The van der Waals surface area contributed by atoms with Crippen LogP contribution in [0.2, 0.25) is 5.02 Å². The highest BCUT2D eigenvalue weighted by Crippen LogP contribution is 2.24. The molecule has 1 amide bonds. The normalized spacial score (nSPS) is 10.2. The number of hydrogen-bond acceptors (Lipinski definition) is 2. The van der Waals surface area contributed by atoms with Crippen molar-refractivity contribution in [1.82, 2.24) is 0 Å². The molecule has 108 valence electrons. The molecule has 6 heteroatoms. The molecule has 0 bridgehead atoms. The summed E-state index contributed by atoms with van der Waals surface area (Å²) in [7, 11) is 0. The molecule has 0 unspecified atom stereocenters. The summed E-state index contributed by atoms with van der Waals surface area (Å²) in [5.74, 6) is -1.36. The van der Waals surface area contributed by atoms with Crippen molar-refractivity contribution in [1.29, 1.82) is 0 Å². The third-order valence-corrected chi connectivity index (χ3v) is 3.79. The molecule has 0 radical (unpaired) electrons. The van der Waals surface area contributed by atoms with Gasteiger partial charge >= 0.3 is 5.97 Å². The number of carboxylic acids is 1. The number of aromatic carboxylic acids is 1. The SMILES string of the molecule is O=C(Cc1ccccc1C(=O)O)Nc1ccc(I)cc1Cl. The largest absolute Gasteiger partial charge is 0.478 e. The number of benzene rings is 2. The van der Waals surface area contributed by atoms with Gasteiger partial charge in [-0.2, -0.15) is 0 Å². The lowest BCUT2D eigenvalue weighted by atomic mass is 10.0. The summed E-state index contributed by atoms with van der Waals surface area (Å²) in [5.41, 5.74) is 1.10. The number of carbonyl (C=O) groups excluding carboxylic acids is 1. The van der Waals surface area contributed by atoms with Crippen molar-refractivity contribution in [2.75, 3.05) is 5.32 Å². The van der Waals surface area contributed by atoms with Gasteiger partial charge in [-0.3, -0.25) is 4.79 Å². The van der Waals surface area contributed by atoms with E-state index in [2.05, 4.69) is 27.9 Å². The lowest BCUT2D eigenvalue weighted by Crippen LogP contribution is -2.16. The Morgan fingerprint density at radius 2 is 1.90 bits per heavy atom. The molecule has 2 N–H and O–H groups in total. The molecule has 4 nitrogen and oxygen atoms in total. The van der Waals surface area contributed by atoms with Crippen molar-refractivity contribution >= 4 is 51.8 Å². The first-order valence-corrected chi connectivity index (χ1v) is 7.49. The average molecular weight is 416 g/mol. The smallest absolute Gasteiger partial charge is 0.335 e. The molecule has 0 aliphatic rings. The zero-order chi connectivity index (χ0) is 15.4. The number of nitrogens with one attached hydrogen (secondary N) is 1. The summed E-state index contributed by atoms with van der Waals surface area (Å²) in [6.45, 7) is 0. The minimum atomic E-state index is -1.05. The van der Waals surface area contributed by atoms with Crippen molar-refractivity contribution in [3.63, 3.8) is 0 Å². The molecule has 0 heterocycles. The maximum atomic E-state index is 12.0. The van der Waals surface area contributed by atoms with Crippen LogP contribution in [0.1, 0.15) is 15.9 Å². The molecular weight excluding hydrogens is 405 g/mol. The van der Waals surface area contributed by atoms with Crippen LogP contribution in [0.3, 0.4) is 0 Å². The Morgan fingerprint density at radius 1 is 1.19 bits per heavy atom. The van der Waals surface area contributed by atoms with E-state index < -0.39 is 5.97 Å². The van der Waals surface area contributed by atoms with Crippen LogP contribution in [0, 0.1) is 3.57 Å². The van der Waals surface area contributed by atoms with Crippen LogP contribution in [-0.2, 0) is 11.2 Å². The van der Waals surface area contributed by atoms with Crippen LogP contribution < -0.4 is 5.32 Å². The van der Waals surface area contributed by atoms with Crippen molar-refractivity contribution in [2.45, 2.75) is 6.42 Å². The van der Waals surface area contributed by atoms with Gasteiger partial charge in [0.1, 0.15) is 0 Å². The summed E-state index contributed by atoms with van der Waals surface area (Å²) in [6, 6.07) is 11.7. The van der Waals surface area contributed by atoms with Crippen molar-refractivity contribution in [2.24, 2.45) is 0 Å². The molecule has 0 fully saturated rings. The Hall–Kier alpha value is -1.60. The number of carbonyl (C=O) groups is 2. The van der Waals surface area contributed by atoms with E-state index in [-0.39, 0.29) is 17.9 Å². The lowest BCUT2D eigenvalue weighted by Gasteiger charge is -2.09. The molecule has 0 aromatic heterocycles. The monoisotopic (exact) mass is 415 g/mol. The van der Waals surface area contributed by atoms with Gasteiger partial charge < -0.3 is 10.4 Å². The first-order valence-electron chi connectivity index (χ1n) is 6.03. The van der Waals surface area contributed by atoms with Crippen LogP contribution in [0.4, 0.5) is 5.69 Å². The Labute approximate surface area is 140 Å². The van der Waals surface area contributed by atoms with Gasteiger partial charge in [-0.1, -0.05) is 29.8 Å². The summed E-state index contributed by atoms with van der Waals surface area (Å²) in [6.07, 6.45) is -0.0230. The molecule has 2 aromatic rings. The second-order valence-corrected chi connectivity index (χ2v) is 5.96. The van der Waals surface area contributed by atoms with Gasteiger partial charge in [0.25, 0.3) is 0 Å². The van der Waals surface area contributed by atoms with Crippen LogP contribution in [0.25, 0.3) is 0 Å². The fourth-order valence-corrected chi connectivity index (χ4v) is 2.74. The minimum Gasteiger partial charge on any atom is -0.478 e. The number of hydrogen-bond donors (Lipinski definition) is 2. The third-order valence-electron chi connectivity index (χ3n) is 2.80. The number of rotatable bonds is 4. The first-order chi connectivity index (χ1) is 9.97. The standard InChI is InChI=1S/C15H11ClINO3/c16-12-8-10(17)5-6-13(12)18-14(19)7-9-3-1-2-4-11(9)15(20)21/h1-6,8H,7H2,(H,18,19)(H,20,21). The highest BCUT2D eigenvalue weighted by Gasteiger charge is 2.13. The zero-order valence-corrected chi connectivity index (χ0v) is 13.7. The van der Waals surface area contributed by atoms with Gasteiger partial charge in [0.05, 0.1) is 22.7 Å². The lowest BCUT2D eigenvalue weighted by molar-refractivity contribution is -0.115. The van der Waals surface area contributed by atoms with Gasteiger partial charge in [-0.05, 0) is 52.4 Å². The van der Waals surface area contributed by atoms with E-state index in [1.807, 2.05) is 6.07 Å². The Morgan fingerprint density at radius 3 is 2.57 bits per heavy atom. The summed E-state index contributed by atoms with van der Waals surface area (Å²) >= 11 is 8.17. The summed E-state index contributed by atoms with van der Waals surface area (Å²) < 4.78 is 0.965. The molecule has 0 atom stereocenters. The topological polar surface area (TPSA) is 66.4 Å². The zero-order valence-electron chi connectivity index (χ0n) is 10.8. The van der Waals surface area contributed by atoms with Crippen LogP contribution in [0.5, 0.6) is 0 Å². The maximum Gasteiger partial charge on any atom is 0.335 e. The van der Waals surface area contributed by atoms with E-state index in [9.17, 15) is 9.59 Å². The number of anilines is 1. The van der Waals surface area contributed by atoms with Crippen LogP contribution in [-0.4, -0.2) is 17.0 Å². The summed E-state index contributed by atoms with van der Waals surface area (Å²) in [5, 5.41) is 12.2. The molecule has 2 rings (SSSR count). The van der Waals surface area contributed by atoms with E-state index in [0.29, 0.717) is 16.3 Å². The third kappa shape index (κ3) is 4.18. The predicted octanol–water partition coefficient (Wildman–Crippen LogP) is 3.82. The molecule has 0 saturated heterocycles. The van der Waals surface area contributed by atoms with E-state index in [4.69, 9.17) is 16.7 Å². The van der Waals surface area contributed by atoms with Gasteiger partial charge in [0.2, 0.25) is 5.91 Å². The van der Waals surface area contributed by atoms with Gasteiger partial charge in [0, 0.05) is 3.57 Å². The number of amides is 1. The van der Waals surface area contributed by atoms with Gasteiger partial charge in [-0.15, -0.1) is 0 Å². The van der Waals surface area contributed by atoms with Crippen LogP contribution in [0.15, 0.2) is 42.5 Å². The molecule has 0 spiro atoms. The van der Waals surface area contributed by atoms with Crippen molar-refractivity contribution in [3.05, 3.63) is 62.2 Å². The Balaban J connectivity index is 2.14. The van der Waals surface area contributed by atoms with Crippen LogP contribution >= 0.6 is 34.2 Å². The fraction of sp³-hybridized carbons (Fsp3) is 0.0667. The summed E-state index contributed by atoms with van der Waals surface area (Å²) in [4.78, 5) is 23.1. The maximum absolute atomic E-state index is 12.0. The van der Waals surface area contributed by atoms with Crippen molar-refractivity contribution < 1.29 is 14.7 Å². The van der Waals surface area contributed by atoms with Gasteiger partial charge in [0.15, 0.2) is 0 Å². The average Bonchev–Trinajstić information content (AvgIpc) is 2.42. The molecule has 21 heavy (non-hydrogen) atoms. The Kier molecular flexibility index (Phi) is 5.19.